The molecule has 0 spiro atoms. The first-order valence-electron chi connectivity index (χ1n) is 11.1. The van der Waals surface area contributed by atoms with Crippen molar-refractivity contribution >= 4 is 11.6 Å². The molecule has 0 radical (unpaired) electrons. The molecule has 2 aliphatic rings. The standard InChI is InChI=1S/C25H33N3O2/c1-19(2)21-9-7-20(8-10-21)16-26-11-13-27(14-12-26)17-25(30)28-23(18-29)15-22-5-3-4-6-24(22)28/h3-10,19,23,29H,11-18H2,1-2H3/t23-/m0/s1. The van der Waals surface area contributed by atoms with Gasteiger partial charge in [0.15, 0.2) is 0 Å². The van der Waals surface area contributed by atoms with Gasteiger partial charge in [0.2, 0.25) is 5.91 Å². The monoisotopic (exact) mass is 407 g/mol. The zero-order chi connectivity index (χ0) is 21.1. The van der Waals surface area contributed by atoms with Crippen LogP contribution >= 0.6 is 0 Å². The van der Waals surface area contributed by atoms with Crippen LogP contribution in [0.3, 0.4) is 0 Å². The van der Waals surface area contributed by atoms with E-state index in [0.717, 1.165) is 50.4 Å². The number of hydrogen-bond acceptors (Lipinski definition) is 4. The van der Waals surface area contributed by atoms with Gasteiger partial charge in [-0.3, -0.25) is 14.6 Å². The molecule has 5 heteroatoms. The maximum atomic E-state index is 13.1. The third kappa shape index (κ3) is 4.59. The fourth-order valence-corrected chi connectivity index (χ4v) is 4.58. The van der Waals surface area contributed by atoms with Gasteiger partial charge in [-0.1, -0.05) is 56.3 Å². The van der Waals surface area contributed by atoms with Crippen LogP contribution in [0.1, 0.15) is 36.5 Å². The number of nitrogens with zero attached hydrogens (tertiary/aromatic N) is 3. The molecular weight excluding hydrogens is 374 g/mol. The number of anilines is 1. The molecule has 30 heavy (non-hydrogen) atoms. The summed E-state index contributed by atoms with van der Waals surface area (Å²) in [7, 11) is 0. The van der Waals surface area contributed by atoms with Gasteiger partial charge < -0.3 is 10.0 Å². The van der Waals surface area contributed by atoms with Crippen LogP contribution in [-0.2, 0) is 17.8 Å². The Morgan fingerprint density at radius 3 is 2.33 bits per heavy atom. The van der Waals surface area contributed by atoms with E-state index in [0.29, 0.717) is 12.5 Å². The molecule has 4 rings (SSSR count). The lowest BCUT2D eigenvalue weighted by Crippen LogP contribution is -2.51. The van der Waals surface area contributed by atoms with Gasteiger partial charge in [-0.15, -0.1) is 0 Å². The maximum Gasteiger partial charge on any atom is 0.241 e. The van der Waals surface area contributed by atoms with Crippen molar-refractivity contribution in [3.63, 3.8) is 0 Å². The number of para-hydroxylation sites is 1. The molecule has 1 atom stereocenters. The van der Waals surface area contributed by atoms with Crippen LogP contribution in [0.25, 0.3) is 0 Å². The average Bonchev–Trinajstić information content (AvgIpc) is 3.14. The number of piperazine rings is 1. The highest BCUT2D eigenvalue weighted by Gasteiger charge is 2.34. The van der Waals surface area contributed by atoms with Crippen molar-refractivity contribution in [3.05, 3.63) is 65.2 Å². The normalized spacial score (nSPS) is 20.0. The van der Waals surface area contributed by atoms with Crippen LogP contribution in [0.2, 0.25) is 0 Å². The van der Waals surface area contributed by atoms with E-state index in [9.17, 15) is 9.90 Å². The van der Waals surface area contributed by atoms with Gasteiger partial charge in [-0.2, -0.15) is 0 Å². The Labute approximate surface area is 179 Å². The Balaban J connectivity index is 1.30. The van der Waals surface area contributed by atoms with E-state index in [-0.39, 0.29) is 18.6 Å². The van der Waals surface area contributed by atoms with Crippen LogP contribution in [0.15, 0.2) is 48.5 Å². The number of benzene rings is 2. The highest BCUT2D eigenvalue weighted by molar-refractivity contribution is 5.97. The Morgan fingerprint density at radius 1 is 1.00 bits per heavy atom. The minimum Gasteiger partial charge on any atom is -0.394 e. The summed E-state index contributed by atoms with van der Waals surface area (Å²) in [4.78, 5) is 19.6. The van der Waals surface area contributed by atoms with E-state index < -0.39 is 0 Å². The summed E-state index contributed by atoms with van der Waals surface area (Å²) in [5.41, 5.74) is 4.85. The number of hydrogen-bond donors (Lipinski definition) is 1. The molecule has 0 unspecified atom stereocenters. The van der Waals surface area contributed by atoms with Crippen molar-refractivity contribution in [1.29, 1.82) is 0 Å². The van der Waals surface area contributed by atoms with Crippen LogP contribution in [0.4, 0.5) is 5.69 Å². The number of carbonyl (C=O) groups is 1. The third-order valence-electron chi connectivity index (χ3n) is 6.43. The molecule has 0 saturated carbocycles. The van der Waals surface area contributed by atoms with E-state index in [1.54, 1.807) is 0 Å². The molecule has 0 aliphatic carbocycles. The zero-order valence-electron chi connectivity index (χ0n) is 18.1. The summed E-state index contributed by atoms with van der Waals surface area (Å²) in [6, 6.07) is 16.8. The number of aliphatic hydroxyl groups excluding tert-OH is 1. The third-order valence-corrected chi connectivity index (χ3v) is 6.43. The molecule has 2 aromatic carbocycles. The van der Waals surface area contributed by atoms with Gasteiger partial charge in [0, 0.05) is 38.4 Å². The quantitative estimate of drug-likeness (QED) is 0.800. The van der Waals surface area contributed by atoms with Crippen LogP contribution in [-0.4, -0.2) is 66.2 Å². The summed E-state index contributed by atoms with van der Waals surface area (Å²) in [5.74, 6) is 0.657. The van der Waals surface area contributed by atoms with Crippen LogP contribution in [0, 0.1) is 0 Å². The van der Waals surface area contributed by atoms with Crippen molar-refractivity contribution < 1.29 is 9.90 Å². The summed E-state index contributed by atoms with van der Waals surface area (Å²) < 4.78 is 0. The number of amides is 1. The summed E-state index contributed by atoms with van der Waals surface area (Å²) in [6.07, 6.45) is 0.738. The van der Waals surface area contributed by atoms with Gasteiger partial charge in [-0.05, 0) is 35.1 Å². The highest BCUT2D eigenvalue weighted by Crippen LogP contribution is 2.32. The Kier molecular flexibility index (Phi) is 6.52. The van der Waals surface area contributed by atoms with Gasteiger partial charge >= 0.3 is 0 Å². The molecule has 2 aromatic rings. The lowest BCUT2D eigenvalue weighted by Gasteiger charge is -2.35. The van der Waals surface area contributed by atoms with E-state index in [2.05, 4.69) is 54.0 Å². The van der Waals surface area contributed by atoms with Gasteiger partial charge in [-0.25, -0.2) is 0 Å². The number of carbonyl (C=O) groups excluding carboxylic acids is 1. The summed E-state index contributed by atoms with van der Waals surface area (Å²) >= 11 is 0. The Morgan fingerprint density at radius 2 is 1.67 bits per heavy atom. The molecular formula is C25H33N3O2. The number of rotatable bonds is 6. The van der Waals surface area contributed by atoms with E-state index in [1.165, 1.54) is 11.1 Å². The molecule has 5 nitrogen and oxygen atoms in total. The number of fused-ring (bicyclic) bond motifs is 1. The predicted molar refractivity (Wildman–Crippen MR) is 121 cm³/mol. The first-order valence-corrected chi connectivity index (χ1v) is 11.1. The smallest absolute Gasteiger partial charge is 0.241 e. The predicted octanol–water partition coefficient (Wildman–Crippen LogP) is 2.88. The first-order chi connectivity index (χ1) is 14.5. The molecule has 160 valence electrons. The van der Waals surface area contributed by atoms with E-state index >= 15 is 0 Å². The van der Waals surface area contributed by atoms with E-state index in [1.807, 2.05) is 23.1 Å². The fourth-order valence-electron chi connectivity index (χ4n) is 4.58. The molecule has 0 aromatic heterocycles. The largest absolute Gasteiger partial charge is 0.394 e. The summed E-state index contributed by atoms with van der Waals surface area (Å²) in [5, 5.41) is 9.77. The SMILES string of the molecule is CC(C)c1ccc(CN2CCN(CC(=O)N3c4ccccc4C[C@H]3CO)CC2)cc1. The molecule has 1 N–H and O–H groups in total. The second kappa shape index (κ2) is 9.29. The lowest BCUT2D eigenvalue weighted by atomic mass is 10.0. The van der Waals surface area contributed by atoms with E-state index in [4.69, 9.17) is 0 Å². The van der Waals surface area contributed by atoms with Crippen molar-refractivity contribution in [2.45, 2.75) is 38.8 Å². The van der Waals surface area contributed by atoms with Crippen molar-refractivity contribution in [3.8, 4) is 0 Å². The lowest BCUT2D eigenvalue weighted by molar-refractivity contribution is -0.120. The molecule has 2 heterocycles. The molecule has 1 saturated heterocycles. The van der Waals surface area contributed by atoms with Crippen molar-refractivity contribution in [2.24, 2.45) is 0 Å². The Bertz CT molecular complexity index is 857. The van der Waals surface area contributed by atoms with Gasteiger partial charge in [0.1, 0.15) is 0 Å². The Hall–Kier alpha value is -2.21. The first kappa shape index (κ1) is 21.0. The average molecular weight is 408 g/mol. The minimum absolute atomic E-state index is 0.00377. The second-order valence-corrected chi connectivity index (χ2v) is 8.88. The van der Waals surface area contributed by atoms with Crippen LogP contribution in [0.5, 0.6) is 0 Å². The van der Waals surface area contributed by atoms with Crippen molar-refractivity contribution in [1.82, 2.24) is 9.80 Å². The van der Waals surface area contributed by atoms with Gasteiger partial charge in [0.05, 0.1) is 19.2 Å². The summed E-state index contributed by atoms with van der Waals surface area (Å²) in [6.45, 7) is 9.57. The second-order valence-electron chi connectivity index (χ2n) is 8.88. The molecule has 1 amide bonds. The molecule has 2 aliphatic heterocycles. The molecule has 0 bridgehead atoms. The number of aliphatic hydroxyl groups is 1. The van der Waals surface area contributed by atoms with Crippen LogP contribution < -0.4 is 4.90 Å². The van der Waals surface area contributed by atoms with Crippen molar-refractivity contribution in [2.75, 3.05) is 44.2 Å². The fraction of sp³-hybridized carbons (Fsp3) is 0.480. The highest BCUT2D eigenvalue weighted by atomic mass is 16.3. The van der Waals surface area contributed by atoms with Gasteiger partial charge in [0.25, 0.3) is 0 Å². The maximum absolute atomic E-state index is 13.1. The topological polar surface area (TPSA) is 47.0 Å². The zero-order valence-corrected chi connectivity index (χ0v) is 18.1. The molecule has 1 fully saturated rings. The minimum atomic E-state index is -0.134.